The summed E-state index contributed by atoms with van der Waals surface area (Å²) in [4.78, 5) is 27.9. The smallest absolute Gasteiger partial charge is 0.270 e. The first kappa shape index (κ1) is 21.4. The Kier molecular flexibility index (Phi) is 6.75. The lowest BCUT2D eigenvalue weighted by atomic mass is 9.88. The van der Waals surface area contributed by atoms with E-state index in [9.17, 15) is 14.9 Å². The summed E-state index contributed by atoms with van der Waals surface area (Å²) in [5, 5.41) is 11.3. The fourth-order valence-corrected chi connectivity index (χ4v) is 2.96. The monoisotopic (exact) mass is 397 g/mol. The van der Waals surface area contributed by atoms with E-state index in [1.165, 1.54) is 18.2 Å². The predicted octanol–water partition coefficient (Wildman–Crippen LogP) is 3.74. The number of benzene rings is 1. The number of carbonyl (C=O) groups is 1. The van der Waals surface area contributed by atoms with E-state index < -0.39 is 11.0 Å². The summed E-state index contributed by atoms with van der Waals surface area (Å²) in [6, 6.07) is 8.63. The number of rotatable bonds is 7. The van der Waals surface area contributed by atoms with Crippen molar-refractivity contribution < 1.29 is 14.3 Å². The van der Waals surface area contributed by atoms with Crippen molar-refractivity contribution >= 4 is 29.1 Å². The molecule has 0 aliphatic rings. The highest BCUT2D eigenvalue weighted by Gasteiger charge is 2.29. The highest BCUT2D eigenvalue weighted by atomic mass is 32.1. The van der Waals surface area contributed by atoms with Crippen LogP contribution in [-0.4, -0.2) is 22.3 Å². The quantitative estimate of drug-likeness (QED) is 0.104. The molecule has 0 aliphatic carbocycles. The number of carbonyl (C=O) groups excluding carboxylic acids is 1. The molecule has 1 atom stereocenters. The van der Waals surface area contributed by atoms with E-state index in [1.807, 2.05) is 12.1 Å². The molecule has 28 heavy (non-hydrogen) atoms. The Labute approximate surface area is 170 Å². The molecular weight excluding hydrogens is 374 g/mol. The van der Waals surface area contributed by atoms with E-state index in [4.69, 9.17) is 12.6 Å². The lowest BCUT2D eigenvalue weighted by Crippen LogP contribution is -2.48. The van der Waals surface area contributed by atoms with Crippen LogP contribution in [0.2, 0.25) is 0 Å². The Morgan fingerprint density at radius 2 is 1.96 bits per heavy atom. The van der Waals surface area contributed by atoms with Gasteiger partial charge in [-0.1, -0.05) is 39.0 Å². The Hall–Kier alpha value is -2.93. The highest BCUT2D eigenvalue weighted by molar-refractivity contribution is 7.77. The number of non-ortho nitro benzene ring substituents is 1. The van der Waals surface area contributed by atoms with Crippen LogP contribution in [0, 0.1) is 10.1 Å². The Balaban J connectivity index is 2.50. The Morgan fingerprint density at radius 3 is 2.50 bits per heavy atom. The first-order chi connectivity index (χ1) is 13.1. The fraction of sp³-hybridized carbons (Fsp3) is 0.286. The van der Waals surface area contributed by atoms with Gasteiger partial charge in [-0.2, -0.15) is 4.57 Å². The second-order valence-corrected chi connectivity index (χ2v) is 7.74. The molecule has 0 aliphatic heterocycles. The van der Waals surface area contributed by atoms with Gasteiger partial charge in [0.25, 0.3) is 5.69 Å². The number of hydrogen-bond acceptors (Lipinski definition) is 5. The largest absolute Gasteiger partial charge is 0.758 e. The van der Waals surface area contributed by atoms with Crippen LogP contribution in [0.5, 0.6) is 0 Å². The van der Waals surface area contributed by atoms with Crippen LogP contribution in [0.3, 0.4) is 0 Å². The minimum atomic E-state index is -0.869. The second kappa shape index (κ2) is 8.84. The standard InChI is InChI=1S/C21H23N3O3S/c1-5-11-22-20(28)18(23-12-9-16(10-13-23)21(2,3)4)19(25)15-7-6-8-17(14-15)24(26)27/h5-10,12-14,18H,1,11H2,2-4H3/t18-/m1/s1. The van der Waals surface area contributed by atoms with Crippen LogP contribution in [0.1, 0.15) is 42.7 Å². The zero-order valence-corrected chi connectivity index (χ0v) is 17.0. The van der Waals surface area contributed by atoms with Gasteiger partial charge in [0.1, 0.15) is 0 Å². The number of aromatic nitrogens is 1. The number of nitro groups is 1. The van der Waals surface area contributed by atoms with Crippen molar-refractivity contribution in [2.75, 3.05) is 6.54 Å². The van der Waals surface area contributed by atoms with E-state index >= 15 is 0 Å². The number of hydrogen-bond donors (Lipinski definition) is 0. The number of pyridine rings is 1. The van der Waals surface area contributed by atoms with Crippen LogP contribution in [0.15, 0.2) is 66.4 Å². The van der Waals surface area contributed by atoms with E-state index in [0.717, 1.165) is 5.56 Å². The van der Waals surface area contributed by atoms with Gasteiger partial charge >= 0.3 is 0 Å². The molecular formula is C21H23N3O3S. The normalized spacial score (nSPS) is 13.0. The van der Waals surface area contributed by atoms with Gasteiger partial charge in [0.15, 0.2) is 12.4 Å². The third-order valence-electron chi connectivity index (χ3n) is 4.22. The van der Waals surface area contributed by atoms with Gasteiger partial charge in [-0.15, -0.1) is 6.58 Å². The van der Waals surface area contributed by atoms with Gasteiger partial charge in [0.2, 0.25) is 11.8 Å². The summed E-state index contributed by atoms with van der Waals surface area (Å²) in [5.41, 5.74) is 1.14. The summed E-state index contributed by atoms with van der Waals surface area (Å²) in [5.74, 6) is -0.352. The topological polar surface area (TPSA) is 76.4 Å². The number of nitro benzene ring substituents is 1. The van der Waals surface area contributed by atoms with Crippen LogP contribution < -0.4 is 4.57 Å². The molecule has 146 valence electrons. The van der Waals surface area contributed by atoms with Crippen molar-refractivity contribution in [1.82, 2.24) is 0 Å². The molecule has 2 aromatic rings. The lowest BCUT2D eigenvalue weighted by Gasteiger charge is -2.21. The number of ketones is 1. The maximum atomic E-state index is 13.2. The molecule has 0 spiro atoms. The molecule has 2 rings (SSSR count). The Morgan fingerprint density at radius 1 is 1.32 bits per heavy atom. The molecule has 1 aromatic carbocycles. The van der Waals surface area contributed by atoms with Gasteiger partial charge in [0.05, 0.1) is 11.5 Å². The SMILES string of the molecule is C=CCN=C([S-])[C@@H](C(=O)c1cccc([N+](=O)[O-])c1)[n+]1ccc(C(C)(C)C)cc1. The van der Waals surface area contributed by atoms with Gasteiger partial charge in [0, 0.05) is 29.8 Å². The van der Waals surface area contributed by atoms with E-state index in [-0.39, 0.29) is 34.0 Å². The van der Waals surface area contributed by atoms with Gasteiger partial charge in [-0.25, -0.2) is 0 Å². The van der Waals surface area contributed by atoms with E-state index in [2.05, 4.69) is 32.3 Å². The average Bonchev–Trinajstić information content (AvgIpc) is 2.66. The van der Waals surface area contributed by atoms with Crippen molar-refractivity contribution in [2.45, 2.75) is 32.2 Å². The minimum Gasteiger partial charge on any atom is -0.758 e. The zero-order chi connectivity index (χ0) is 20.9. The summed E-state index contributed by atoms with van der Waals surface area (Å²) in [7, 11) is 0. The van der Waals surface area contributed by atoms with Crippen LogP contribution in [0.4, 0.5) is 5.69 Å². The van der Waals surface area contributed by atoms with E-state index in [1.54, 1.807) is 29.1 Å². The van der Waals surface area contributed by atoms with Crippen molar-refractivity contribution in [3.63, 3.8) is 0 Å². The van der Waals surface area contributed by atoms with Crippen molar-refractivity contribution in [1.29, 1.82) is 0 Å². The Bertz CT molecular complexity index is 915. The fourth-order valence-electron chi connectivity index (χ4n) is 2.66. The minimum absolute atomic E-state index is 0.0354. The predicted molar refractivity (Wildman–Crippen MR) is 112 cm³/mol. The molecule has 0 amide bonds. The van der Waals surface area contributed by atoms with Gasteiger partial charge < -0.3 is 17.6 Å². The number of Topliss-reactive ketones (excluding diaryl/α,β-unsaturated/α-hetero) is 1. The molecule has 0 bridgehead atoms. The summed E-state index contributed by atoms with van der Waals surface area (Å²) in [6.45, 7) is 10.2. The first-order valence-corrected chi connectivity index (χ1v) is 9.18. The van der Waals surface area contributed by atoms with Gasteiger partial charge in [-0.05, 0) is 16.0 Å². The molecule has 0 unspecified atom stereocenters. The molecule has 1 aromatic heterocycles. The molecule has 6 nitrogen and oxygen atoms in total. The second-order valence-electron chi connectivity index (χ2n) is 7.33. The molecule has 1 heterocycles. The lowest BCUT2D eigenvalue weighted by molar-refractivity contribution is -0.692. The van der Waals surface area contributed by atoms with Crippen LogP contribution >= 0.6 is 0 Å². The average molecular weight is 398 g/mol. The van der Waals surface area contributed by atoms with Crippen molar-refractivity contribution in [3.8, 4) is 0 Å². The highest BCUT2D eigenvalue weighted by Crippen LogP contribution is 2.21. The molecule has 0 saturated heterocycles. The molecule has 0 fully saturated rings. The van der Waals surface area contributed by atoms with Crippen molar-refractivity contribution in [2.24, 2.45) is 4.99 Å². The maximum absolute atomic E-state index is 13.2. The molecule has 0 N–H and O–H groups in total. The van der Waals surface area contributed by atoms with Gasteiger partial charge in [-0.3, -0.25) is 14.9 Å². The van der Waals surface area contributed by atoms with Crippen LogP contribution in [0.25, 0.3) is 0 Å². The maximum Gasteiger partial charge on any atom is 0.270 e. The van der Waals surface area contributed by atoms with Crippen molar-refractivity contribution in [3.05, 3.63) is 82.7 Å². The number of nitrogens with zero attached hydrogens (tertiary/aromatic N) is 3. The number of aliphatic imine (C=N–C) groups is 1. The summed E-state index contributed by atoms with van der Waals surface area (Å²) in [6.07, 6.45) is 5.17. The first-order valence-electron chi connectivity index (χ1n) is 8.77. The molecule has 0 radical (unpaired) electrons. The third-order valence-corrected chi connectivity index (χ3v) is 4.57. The summed E-state index contributed by atoms with van der Waals surface area (Å²) >= 11 is 5.40. The molecule has 7 heteroatoms. The van der Waals surface area contributed by atoms with E-state index in [0.29, 0.717) is 0 Å². The summed E-state index contributed by atoms with van der Waals surface area (Å²) < 4.78 is 1.69. The third kappa shape index (κ3) is 5.07. The molecule has 0 saturated carbocycles. The van der Waals surface area contributed by atoms with Crippen LogP contribution in [-0.2, 0) is 18.0 Å². The zero-order valence-electron chi connectivity index (χ0n) is 16.2.